The van der Waals surface area contributed by atoms with Crippen LogP contribution in [0.25, 0.3) is 11.3 Å². The van der Waals surface area contributed by atoms with Crippen LogP contribution in [0.15, 0.2) is 60.7 Å². The lowest BCUT2D eigenvalue weighted by Crippen LogP contribution is -2.20. The van der Waals surface area contributed by atoms with Crippen LogP contribution in [-0.4, -0.2) is 42.7 Å². The van der Waals surface area contributed by atoms with Gasteiger partial charge in [0.15, 0.2) is 9.84 Å². The predicted octanol–water partition coefficient (Wildman–Crippen LogP) is 3.10. The quantitative estimate of drug-likeness (QED) is 0.655. The van der Waals surface area contributed by atoms with Crippen LogP contribution in [-0.2, 0) is 21.1 Å². The van der Waals surface area contributed by atoms with E-state index in [1.165, 1.54) is 0 Å². The molecule has 1 N–H and O–H groups in total. The molecule has 1 atom stereocenters. The summed E-state index contributed by atoms with van der Waals surface area (Å²) in [6, 6.07) is 18.4. The number of carbonyl (C=O) groups is 1. The summed E-state index contributed by atoms with van der Waals surface area (Å²) < 4.78 is 30.8. The van der Waals surface area contributed by atoms with Crippen LogP contribution >= 0.6 is 0 Å². The van der Waals surface area contributed by atoms with Gasteiger partial charge in [-0.15, -0.1) is 0 Å². The first kappa shape index (κ1) is 20.2. The number of nitrogens with zero attached hydrogens (tertiary/aromatic N) is 2. The summed E-state index contributed by atoms with van der Waals surface area (Å²) in [6.07, 6.45) is 0.709. The van der Waals surface area contributed by atoms with Crippen LogP contribution in [0.1, 0.15) is 18.0 Å². The Labute approximate surface area is 175 Å². The second-order valence-corrected chi connectivity index (χ2v) is 9.58. The molecule has 2 heterocycles. The molecule has 0 radical (unpaired) electrons. The Morgan fingerprint density at radius 1 is 1.17 bits per heavy atom. The fourth-order valence-corrected chi connectivity index (χ4v) is 5.30. The Kier molecular flexibility index (Phi) is 5.59. The van der Waals surface area contributed by atoms with Crippen molar-refractivity contribution in [2.24, 2.45) is 0 Å². The molecule has 1 aliphatic rings. The van der Waals surface area contributed by atoms with Crippen molar-refractivity contribution < 1.29 is 17.9 Å². The normalized spacial score (nSPS) is 17.6. The third kappa shape index (κ3) is 4.54. The van der Waals surface area contributed by atoms with Crippen LogP contribution in [0, 0.1) is 0 Å². The van der Waals surface area contributed by atoms with E-state index in [-0.39, 0.29) is 29.9 Å². The number of carbonyl (C=O) groups excluding carboxylic acids is 1. The van der Waals surface area contributed by atoms with E-state index < -0.39 is 9.84 Å². The highest BCUT2D eigenvalue weighted by atomic mass is 32.2. The minimum Gasteiger partial charge on any atom is -0.497 e. The molecule has 0 bridgehead atoms. The minimum atomic E-state index is -3.09. The van der Waals surface area contributed by atoms with E-state index in [1.54, 1.807) is 17.9 Å². The monoisotopic (exact) mass is 425 g/mol. The van der Waals surface area contributed by atoms with Crippen molar-refractivity contribution in [3.63, 3.8) is 0 Å². The van der Waals surface area contributed by atoms with Crippen molar-refractivity contribution in [1.82, 2.24) is 9.78 Å². The summed E-state index contributed by atoms with van der Waals surface area (Å²) in [5.41, 5.74) is 2.42. The highest BCUT2D eigenvalue weighted by Gasteiger charge is 2.31. The van der Waals surface area contributed by atoms with Gasteiger partial charge in [-0.3, -0.25) is 4.79 Å². The van der Waals surface area contributed by atoms with E-state index in [0.29, 0.717) is 17.9 Å². The Hall–Kier alpha value is -3.13. The largest absolute Gasteiger partial charge is 0.497 e. The van der Waals surface area contributed by atoms with Crippen LogP contribution < -0.4 is 10.1 Å². The van der Waals surface area contributed by atoms with E-state index in [0.717, 1.165) is 16.9 Å². The molecule has 7 nitrogen and oxygen atoms in total. The third-order valence-electron chi connectivity index (χ3n) is 5.15. The molecular formula is C22H23N3O4S. The predicted molar refractivity (Wildman–Crippen MR) is 115 cm³/mol. The molecule has 1 fully saturated rings. The van der Waals surface area contributed by atoms with Gasteiger partial charge in [0.1, 0.15) is 11.6 Å². The van der Waals surface area contributed by atoms with E-state index in [4.69, 9.17) is 4.74 Å². The Bertz CT molecular complexity index is 1140. The summed E-state index contributed by atoms with van der Waals surface area (Å²) in [5.74, 6) is 1.22. The standard InChI is InChI=1S/C22H23N3O4S/c1-29-19-9-7-17(8-10-19)20-14-21(23-22(26)13-16-5-3-2-4-6-16)25(24-20)18-11-12-30(27,28)15-18/h2-10,14,18H,11-13,15H2,1H3,(H,23,26)/t18-/m0/s1. The molecule has 1 aliphatic heterocycles. The molecule has 0 aliphatic carbocycles. The zero-order valence-electron chi connectivity index (χ0n) is 16.6. The average molecular weight is 426 g/mol. The van der Waals surface area contributed by atoms with Crippen molar-refractivity contribution in [3.8, 4) is 17.0 Å². The number of ether oxygens (including phenoxy) is 1. The van der Waals surface area contributed by atoms with Crippen molar-refractivity contribution in [2.75, 3.05) is 23.9 Å². The fourth-order valence-electron chi connectivity index (χ4n) is 3.61. The summed E-state index contributed by atoms with van der Waals surface area (Å²) in [6.45, 7) is 0. The molecule has 1 amide bonds. The van der Waals surface area contributed by atoms with Crippen LogP contribution in [0.4, 0.5) is 5.82 Å². The van der Waals surface area contributed by atoms with Gasteiger partial charge in [0.25, 0.3) is 0 Å². The number of aromatic nitrogens is 2. The summed E-state index contributed by atoms with van der Waals surface area (Å²) in [5, 5.41) is 7.56. The molecule has 2 aromatic carbocycles. The molecule has 4 rings (SSSR count). The molecule has 1 aromatic heterocycles. The van der Waals surface area contributed by atoms with Gasteiger partial charge in [0.05, 0.1) is 36.8 Å². The number of sulfone groups is 1. The van der Waals surface area contributed by atoms with Gasteiger partial charge in [-0.2, -0.15) is 5.10 Å². The van der Waals surface area contributed by atoms with Crippen LogP contribution in [0.3, 0.4) is 0 Å². The van der Waals surface area contributed by atoms with Crippen molar-refractivity contribution >= 4 is 21.6 Å². The first-order chi connectivity index (χ1) is 14.4. The van der Waals surface area contributed by atoms with Crippen LogP contribution in [0.5, 0.6) is 5.75 Å². The van der Waals surface area contributed by atoms with E-state index in [9.17, 15) is 13.2 Å². The molecule has 30 heavy (non-hydrogen) atoms. The molecule has 8 heteroatoms. The lowest BCUT2D eigenvalue weighted by Gasteiger charge is -2.13. The van der Waals surface area contributed by atoms with Gasteiger partial charge in [-0.05, 0) is 36.2 Å². The maximum Gasteiger partial charge on any atom is 0.229 e. The molecule has 0 unspecified atom stereocenters. The van der Waals surface area contributed by atoms with E-state index >= 15 is 0 Å². The highest BCUT2D eigenvalue weighted by Crippen LogP contribution is 2.31. The summed E-state index contributed by atoms with van der Waals surface area (Å²) >= 11 is 0. The first-order valence-corrected chi connectivity index (χ1v) is 11.5. The molecule has 1 saturated heterocycles. The van der Waals surface area contributed by atoms with Gasteiger partial charge in [0, 0.05) is 11.6 Å². The van der Waals surface area contributed by atoms with Gasteiger partial charge >= 0.3 is 0 Å². The lowest BCUT2D eigenvalue weighted by molar-refractivity contribution is -0.115. The zero-order valence-corrected chi connectivity index (χ0v) is 17.4. The summed E-state index contributed by atoms with van der Waals surface area (Å²) in [7, 11) is -1.49. The summed E-state index contributed by atoms with van der Waals surface area (Å²) in [4.78, 5) is 12.6. The smallest absolute Gasteiger partial charge is 0.229 e. The van der Waals surface area contributed by atoms with Gasteiger partial charge in [-0.25, -0.2) is 13.1 Å². The molecular weight excluding hydrogens is 402 g/mol. The fraction of sp³-hybridized carbons (Fsp3) is 0.273. The number of amides is 1. The van der Waals surface area contributed by atoms with E-state index in [2.05, 4.69) is 10.4 Å². The number of hydrogen-bond acceptors (Lipinski definition) is 5. The molecule has 156 valence electrons. The van der Waals surface area contributed by atoms with Crippen molar-refractivity contribution in [2.45, 2.75) is 18.9 Å². The lowest BCUT2D eigenvalue weighted by atomic mass is 10.1. The first-order valence-electron chi connectivity index (χ1n) is 9.72. The van der Waals surface area contributed by atoms with Gasteiger partial charge in [-0.1, -0.05) is 30.3 Å². The Morgan fingerprint density at radius 2 is 1.90 bits per heavy atom. The number of methoxy groups -OCH3 is 1. The number of nitrogens with one attached hydrogen (secondary N) is 1. The SMILES string of the molecule is COc1ccc(-c2cc(NC(=O)Cc3ccccc3)n([C@H]3CCS(=O)(=O)C3)n2)cc1. The second kappa shape index (κ2) is 8.31. The number of anilines is 1. The molecule has 3 aromatic rings. The molecule has 0 saturated carbocycles. The average Bonchev–Trinajstić information content (AvgIpc) is 3.31. The maximum atomic E-state index is 12.6. The number of benzene rings is 2. The Morgan fingerprint density at radius 3 is 2.53 bits per heavy atom. The third-order valence-corrected chi connectivity index (χ3v) is 6.90. The number of hydrogen-bond donors (Lipinski definition) is 1. The Balaban J connectivity index is 1.62. The molecule has 0 spiro atoms. The number of rotatable bonds is 6. The van der Waals surface area contributed by atoms with E-state index in [1.807, 2.05) is 54.6 Å². The zero-order chi connectivity index (χ0) is 21.1. The topological polar surface area (TPSA) is 90.3 Å². The van der Waals surface area contributed by atoms with Crippen LogP contribution in [0.2, 0.25) is 0 Å². The minimum absolute atomic E-state index is 0.0261. The highest BCUT2D eigenvalue weighted by molar-refractivity contribution is 7.91. The van der Waals surface area contributed by atoms with Gasteiger partial charge < -0.3 is 10.1 Å². The second-order valence-electron chi connectivity index (χ2n) is 7.36. The maximum absolute atomic E-state index is 12.6. The van der Waals surface area contributed by atoms with Crippen molar-refractivity contribution in [3.05, 3.63) is 66.2 Å². The van der Waals surface area contributed by atoms with Gasteiger partial charge in [0.2, 0.25) is 5.91 Å². The van der Waals surface area contributed by atoms with Crippen molar-refractivity contribution in [1.29, 1.82) is 0 Å².